The summed E-state index contributed by atoms with van der Waals surface area (Å²) in [6, 6.07) is 4.03. The van der Waals surface area contributed by atoms with Gasteiger partial charge >= 0.3 is 0 Å². The highest BCUT2D eigenvalue weighted by Crippen LogP contribution is 2.21. The Morgan fingerprint density at radius 1 is 1.46 bits per heavy atom. The smallest absolute Gasteiger partial charge is 0.0931 e. The van der Waals surface area contributed by atoms with Gasteiger partial charge in [-0.15, -0.1) is 11.3 Å². The van der Waals surface area contributed by atoms with Gasteiger partial charge in [0.25, 0.3) is 0 Å². The summed E-state index contributed by atoms with van der Waals surface area (Å²) in [5.74, 6) is 0. The maximum Gasteiger partial charge on any atom is 0.0931 e. The van der Waals surface area contributed by atoms with Gasteiger partial charge in [0.05, 0.1) is 4.34 Å². The SMILES string of the molecule is CNCCC=CCc1ccc(Cl)s1. The quantitative estimate of drug-likeness (QED) is 0.588. The van der Waals surface area contributed by atoms with Crippen molar-refractivity contribution in [1.29, 1.82) is 0 Å². The average molecular weight is 216 g/mol. The second-order valence-corrected chi connectivity index (χ2v) is 4.57. The van der Waals surface area contributed by atoms with Gasteiger partial charge in [-0.2, -0.15) is 0 Å². The van der Waals surface area contributed by atoms with Crippen LogP contribution in [0.2, 0.25) is 4.34 Å². The van der Waals surface area contributed by atoms with Gasteiger partial charge in [0.2, 0.25) is 0 Å². The molecule has 0 atom stereocenters. The molecule has 0 saturated heterocycles. The maximum absolute atomic E-state index is 5.81. The minimum Gasteiger partial charge on any atom is -0.319 e. The third-order valence-corrected chi connectivity index (χ3v) is 2.93. The van der Waals surface area contributed by atoms with Gasteiger partial charge in [-0.3, -0.25) is 0 Å². The molecule has 1 N–H and O–H groups in total. The highest BCUT2D eigenvalue weighted by molar-refractivity contribution is 7.16. The van der Waals surface area contributed by atoms with E-state index >= 15 is 0 Å². The molecule has 1 nitrogen and oxygen atoms in total. The van der Waals surface area contributed by atoms with Crippen molar-refractivity contribution in [2.75, 3.05) is 13.6 Å². The van der Waals surface area contributed by atoms with E-state index in [1.807, 2.05) is 13.1 Å². The maximum atomic E-state index is 5.81. The normalized spacial score (nSPS) is 11.2. The van der Waals surface area contributed by atoms with Crippen LogP contribution in [0.5, 0.6) is 0 Å². The first-order valence-electron chi connectivity index (χ1n) is 4.36. The molecule has 0 spiro atoms. The molecule has 1 heterocycles. The summed E-state index contributed by atoms with van der Waals surface area (Å²) in [5.41, 5.74) is 0. The lowest BCUT2D eigenvalue weighted by atomic mass is 10.3. The van der Waals surface area contributed by atoms with Crippen LogP contribution in [0.25, 0.3) is 0 Å². The van der Waals surface area contributed by atoms with Gasteiger partial charge < -0.3 is 5.32 Å². The largest absolute Gasteiger partial charge is 0.319 e. The Morgan fingerprint density at radius 2 is 2.31 bits per heavy atom. The molecule has 0 aliphatic heterocycles. The van der Waals surface area contributed by atoms with Gasteiger partial charge in [0, 0.05) is 4.88 Å². The van der Waals surface area contributed by atoms with Crippen molar-refractivity contribution in [2.24, 2.45) is 0 Å². The number of nitrogens with one attached hydrogen (secondary N) is 1. The highest BCUT2D eigenvalue weighted by Gasteiger charge is 1.93. The molecule has 0 unspecified atom stereocenters. The third-order valence-electron chi connectivity index (χ3n) is 1.68. The number of rotatable bonds is 5. The fraction of sp³-hybridized carbons (Fsp3) is 0.400. The van der Waals surface area contributed by atoms with E-state index < -0.39 is 0 Å². The third kappa shape index (κ3) is 4.46. The minimum absolute atomic E-state index is 0.874. The number of hydrogen-bond acceptors (Lipinski definition) is 2. The van der Waals surface area contributed by atoms with E-state index in [0.717, 1.165) is 23.7 Å². The van der Waals surface area contributed by atoms with Crippen molar-refractivity contribution in [3.05, 3.63) is 33.5 Å². The lowest BCUT2D eigenvalue weighted by molar-refractivity contribution is 0.806. The van der Waals surface area contributed by atoms with Crippen LogP contribution in [0, 0.1) is 0 Å². The van der Waals surface area contributed by atoms with Crippen LogP contribution in [0.3, 0.4) is 0 Å². The van der Waals surface area contributed by atoms with E-state index in [9.17, 15) is 0 Å². The second-order valence-electron chi connectivity index (χ2n) is 2.77. The predicted molar refractivity (Wildman–Crippen MR) is 60.7 cm³/mol. The first kappa shape index (κ1) is 10.8. The molecule has 3 heteroatoms. The van der Waals surface area contributed by atoms with E-state index in [-0.39, 0.29) is 0 Å². The predicted octanol–water partition coefficient (Wildman–Crippen LogP) is 3.11. The molecule has 0 saturated carbocycles. The van der Waals surface area contributed by atoms with Crippen LogP contribution in [0.1, 0.15) is 11.3 Å². The van der Waals surface area contributed by atoms with E-state index in [1.165, 1.54) is 4.88 Å². The monoisotopic (exact) mass is 215 g/mol. The van der Waals surface area contributed by atoms with E-state index in [2.05, 4.69) is 23.5 Å². The van der Waals surface area contributed by atoms with Crippen molar-refractivity contribution in [1.82, 2.24) is 5.32 Å². The summed E-state index contributed by atoms with van der Waals surface area (Å²) in [4.78, 5) is 1.32. The second kappa shape index (κ2) is 6.19. The molecule has 0 aliphatic rings. The zero-order valence-corrected chi connectivity index (χ0v) is 9.29. The summed E-state index contributed by atoms with van der Waals surface area (Å²) in [6.07, 6.45) is 6.49. The van der Waals surface area contributed by atoms with E-state index in [1.54, 1.807) is 11.3 Å². The topological polar surface area (TPSA) is 12.0 Å². The molecule has 0 fully saturated rings. The van der Waals surface area contributed by atoms with Crippen molar-refractivity contribution in [3.8, 4) is 0 Å². The van der Waals surface area contributed by atoms with Gasteiger partial charge in [-0.1, -0.05) is 23.8 Å². The Bertz CT molecular complexity index is 268. The van der Waals surface area contributed by atoms with Crippen molar-refractivity contribution < 1.29 is 0 Å². The van der Waals surface area contributed by atoms with Gasteiger partial charge in [-0.25, -0.2) is 0 Å². The standard InChI is InChI=1S/C10H14ClNS/c1-12-8-4-2-3-5-9-6-7-10(11)13-9/h2-3,6-7,12H,4-5,8H2,1H3. The molecule has 1 aromatic rings. The first-order chi connectivity index (χ1) is 6.33. The summed E-state index contributed by atoms with van der Waals surface area (Å²) >= 11 is 7.46. The number of allylic oxidation sites excluding steroid dienone is 1. The van der Waals surface area contributed by atoms with Crippen LogP contribution in [-0.4, -0.2) is 13.6 Å². The van der Waals surface area contributed by atoms with Crippen molar-refractivity contribution in [2.45, 2.75) is 12.8 Å². The van der Waals surface area contributed by atoms with Crippen LogP contribution >= 0.6 is 22.9 Å². The molecule has 72 valence electrons. The van der Waals surface area contributed by atoms with Crippen LogP contribution in [0.15, 0.2) is 24.3 Å². The first-order valence-corrected chi connectivity index (χ1v) is 5.56. The minimum atomic E-state index is 0.874. The number of hydrogen-bond donors (Lipinski definition) is 1. The number of thiophene rings is 1. The molecular formula is C10H14ClNS. The Labute approximate surface area is 88.4 Å². The molecule has 0 radical (unpaired) electrons. The Kier molecular flexibility index (Phi) is 5.13. The molecule has 0 aliphatic carbocycles. The van der Waals surface area contributed by atoms with Crippen LogP contribution in [0.4, 0.5) is 0 Å². The Hall–Kier alpha value is -0.310. The molecule has 1 aromatic heterocycles. The van der Waals surface area contributed by atoms with E-state index in [4.69, 9.17) is 11.6 Å². The summed E-state index contributed by atoms with van der Waals surface area (Å²) < 4.78 is 0.874. The van der Waals surface area contributed by atoms with Gasteiger partial charge in [0.15, 0.2) is 0 Å². The fourth-order valence-electron chi connectivity index (χ4n) is 1.01. The zero-order chi connectivity index (χ0) is 9.52. The van der Waals surface area contributed by atoms with Crippen molar-refractivity contribution in [3.63, 3.8) is 0 Å². The molecule has 13 heavy (non-hydrogen) atoms. The van der Waals surface area contributed by atoms with E-state index in [0.29, 0.717) is 0 Å². The number of halogens is 1. The summed E-state index contributed by atoms with van der Waals surface area (Å²) in [6.45, 7) is 1.04. The van der Waals surface area contributed by atoms with Crippen molar-refractivity contribution >= 4 is 22.9 Å². The Morgan fingerprint density at radius 3 is 2.92 bits per heavy atom. The fourth-order valence-corrected chi connectivity index (χ4v) is 2.07. The Balaban J connectivity index is 2.22. The zero-order valence-electron chi connectivity index (χ0n) is 7.72. The lowest BCUT2D eigenvalue weighted by Gasteiger charge is -1.91. The van der Waals surface area contributed by atoms with Crippen LogP contribution in [-0.2, 0) is 6.42 Å². The molecular weight excluding hydrogens is 202 g/mol. The highest BCUT2D eigenvalue weighted by atomic mass is 35.5. The van der Waals surface area contributed by atoms with Gasteiger partial charge in [0.1, 0.15) is 0 Å². The molecule has 0 aromatic carbocycles. The van der Waals surface area contributed by atoms with Crippen LogP contribution < -0.4 is 5.32 Å². The van der Waals surface area contributed by atoms with Gasteiger partial charge in [-0.05, 0) is 38.6 Å². The average Bonchev–Trinajstić information content (AvgIpc) is 2.51. The lowest BCUT2D eigenvalue weighted by Crippen LogP contribution is -2.05. The molecule has 1 rings (SSSR count). The molecule has 0 amide bonds. The molecule has 0 bridgehead atoms. The summed E-state index contributed by atoms with van der Waals surface area (Å²) in [7, 11) is 1.97. The summed E-state index contributed by atoms with van der Waals surface area (Å²) in [5, 5.41) is 3.10.